The molecule has 32 heteroatoms. The molecule has 20 heterocycles. The van der Waals surface area contributed by atoms with Crippen LogP contribution in [0.3, 0.4) is 0 Å². The minimum Gasteiger partial charge on any atom is -0.201 e. The van der Waals surface area contributed by atoms with E-state index in [1.54, 1.807) is 0 Å². The zero-order valence-electron chi connectivity index (χ0n) is 50.6. The van der Waals surface area contributed by atoms with Gasteiger partial charge in [-0.05, 0) is 109 Å². The van der Waals surface area contributed by atoms with Crippen LogP contribution < -0.4 is 18.3 Å². The SMILES string of the molecule is F[P-](F)(F)(F)(F)F.F[P-](F)(F)(F)(F)F.F[P-](F)(F)(F)(F)F.F[P-](F)(F)(F)(F)F.c1cc2ccc1C[n+]1ccc(cc1)-c1ccc3ccc4c(ccc5ccc1c3c54)-c1cc[n+](cc1)Cc1ccc(cc1)C[n+]1ccc(cc1)-c1ccc3ccc4c(ccc5ccc1c3c54)-c1cc[n+](cc1)C2. The Labute approximate surface area is 549 Å². The van der Waals surface area contributed by atoms with Gasteiger partial charge in [-0.25, -0.2) is 18.3 Å². The van der Waals surface area contributed by atoms with Crippen LogP contribution in [0.5, 0.6) is 0 Å². The van der Waals surface area contributed by atoms with Crippen LogP contribution in [0, 0.1) is 0 Å². The van der Waals surface area contributed by atoms with Gasteiger partial charge < -0.3 is 0 Å². The molecule has 100 heavy (non-hydrogen) atoms. The molecule has 0 fully saturated rings. The molecule has 0 amide bonds. The minimum atomic E-state index is -10.7. The second-order valence-electron chi connectivity index (χ2n) is 23.8. The predicted molar refractivity (Wildman–Crippen MR) is 346 cm³/mol. The number of benzene rings is 10. The van der Waals surface area contributed by atoms with Crippen molar-refractivity contribution in [3.8, 4) is 44.5 Å². The van der Waals surface area contributed by atoms with Gasteiger partial charge in [0, 0.05) is 70.8 Å². The van der Waals surface area contributed by atoms with E-state index in [1.807, 2.05) is 0 Å². The zero-order valence-corrected chi connectivity index (χ0v) is 54.1. The Morgan fingerprint density at radius 1 is 0.180 bits per heavy atom. The second kappa shape index (κ2) is 22.2. The third-order valence-electron chi connectivity index (χ3n) is 15.6. The van der Waals surface area contributed by atoms with E-state index in [9.17, 15) is 101 Å². The summed E-state index contributed by atoms with van der Waals surface area (Å²) >= 11 is 0. The average molecular weight is 1500 g/mol. The van der Waals surface area contributed by atoms with Gasteiger partial charge in [0.1, 0.15) is 0 Å². The molecule has 0 atom stereocenters. The molecule has 4 nitrogen and oxygen atoms in total. The van der Waals surface area contributed by atoms with Crippen LogP contribution >= 0.6 is 31.2 Å². The summed E-state index contributed by atoms with van der Waals surface area (Å²) < 4.78 is 246. The first-order chi connectivity index (χ1) is 45.4. The van der Waals surface area contributed by atoms with Crippen LogP contribution in [0.25, 0.3) is 109 Å². The van der Waals surface area contributed by atoms with Crippen molar-refractivity contribution in [3.05, 3.63) is 266 Å². The molecule has 24 bridgehead atoms. The van der Waals surface area contributed by atoms with Gasteiger partial charge in [-0.1, -0.05) is 146 Å². The molecule has 0 N–H and O–H groups in total. The molecule has 0 radical (unpaired) electrons. The number of nitrogens with zero attached hydrogens (tertiary/aromatic N) is 4. The summed E-state index contributed by atoms with van der Waals surface area (Å²) in [4.78, 5) is 0. The summed E-state index contributed by atoms with van der Waals surface area (Å²) in [5.74, 6) is 0. The zero-order chi connectivity index (χ0) is 72.9. The molecule has 0 saturated heterocycles. The summed E-state index contributed by atoms with van der Waals surface area (Å²) in [5, 5.41) is 15.6. The van der Waals surface area contributed by atoms with E-state index < -0.39 is 31.2 Å². The maximum absolute atomic E-state index is 10.7. The Bertz CT molecular complexity index is 4720. The summed E-state index contributed by atoms with van der Waals surface area (Å²) in [6, 6.07) is 73.2. The van der Waals surface area contributed by atoms with Crippen LogP contribution in [0.2, 0.25) is 0 Å². The van der Waals surface area contributed by atoms with E-state index in [1.165, 1.54) is 131 Å². The number of halogens is 24. The quantitative estimate of drug-likeness (QED) is 0.0622. The largest absolute Gasteiger partial charge is 0.201 e. The fourth-order valence-corrected chi connectivity index (χ4v) is 11.9. The van der Waals surface area contributed by atoms with E-state index in [4.69, 9.17) is 0 Å². The molecule has 4 aromatic heterocycles. The Hall–Kier alpha value is -9.08. The molecule has 16 aliphatic rings. The second-order valence-corrected chi connectivity index (χ2v) is 31.5. The van der Waals surface area contributed by atoms with E-state index in [0.717, 1.165) is 26.2 Å². The summed E-state index contributed by atoms with van der Waals surface area (Å²) in [6.07, 6.45) is 17.8. The van der Waals surface area contributed by atoms with E-state index in [-0.39, 0.29) is 0 Å². The van der Waals surface area contributed by atoms with Crippen molar-refractivity contribution in [1.82, 2.24) is 0 Å². The Morgan fingerprint density at radius 2 is 0.320 bits per heavy atom. The van der Waals surface area contributed by atoms with Gasteiger partial charge in [-0.15, -0.1) is 0 Å². The smallest absolute Gasteiger partial charge is 0.173 e. The molecule has 0 saturated carbocycles. The molecular weight excluding hydrogens is 1450 g/mol. The van der Waals surface area contributed by atoms with Crippen LogP contribution in [-0.4, -0.2) is 0 Å². The van der Waals surface area contributed by atoms with Crippen LogP contribution in [-0.2, 0) is 26.2 Å². The molecular formula is C68H48F24N4P4. The topological polar surface area (TPSA) is 15.5 Å². The van der Waals surface area contributed by atoms with Gasteiger partial charge in [-0.2, -0.15) is 0 Å². The van der Waals surface area contributed by atoms with Crippen LogP contribution in [0.1, 0.15) is 22.3 Å². The normalized spacial score (nSPS) is 15.7. The molecule has 30 rings (SSSR count). The van der Waals surface area contributed by atoms with Crippen molar-refractivity contribution < 1.29 is 119 Å². The van der Waals surface area contributed by atoms with Crippen molar-refractivity contribution in [1.29, 1.82) is 0 Å². The standard InChI is InChI=1S/C68H48N4.4F6P/c1-2-46-4-3-45(1)41-69-33-25-49(26-34-69)57-17-9-53-15-23-63-59(19-11-55-13-21-61(57)65(53)67(55)63)51-29-37-71(38-30-51)43-47-5-7-48(8-6-47)44-72-39-31-52(32-40-72)60-20-12-56-14-22-62-58(50-27-35-70(42-46)36-28-50)18-10-54-16-24-64(60)68(56)66(54)62;4*1-7(2,3,4,5)6/h1-40H,41-44H2;;;;/q+4;4*-1. The fraction of sp³-hybridized carbons (Fsp3) is 0.0588. The molecule has 0 aliphatic carbocycles. The molecule has 14 aromatic rings. The molecule has 528 valence electrons. The Kier molecular flexibility index (Phi) is 16.0. The number of aromatic nitrogens is 4. The monoisotopic (exact) mass is 1500 g/mol. The van der Waals surface area contributed by atoms with Gasteiger partial charge >= 0.3 is 132 Å². The number of hydrogen-bond acceptors (Lipinski definition) is 0. The van der Waals surface area contributed by atoms with Gasteiger partial charge in [0.05, 0.1) is 0 Å². The van der Waals surface area contributed by atoms with E-state index in [2.05, 4.69) is 262 Å². The maximum Gasteiger partial charge on any atom is 0.173 e. The van der Waals surface area contributed by atoms with Gasteiger partial charge in [0.15, 0.2) is 75.8 Å². The number of hydrogen-bond donors (Lipinski definition) is 0. The van der Waals surface area contributed by atoms with Crippen molar-refractivity contribution in [2.75, 3.05) is 0 Å². The van der Waals surface area contributed by atoms with Crippen molar-refractivity contribution in [2.45, 2.75) is 26.2 Å². The van der Waals surface area contributed by atoms with Gasteiger partial charge in [-0.3, -0.25) is 0 Å². The summed E-state index contributed by atoms with van der Waals surface area (Å²) in [6.45, 7) is 3.23. The first-order valence-electron chi connectivity index (χ1n) is 29.2. The average Bonchev–Trinajstić information content (AvgIpc) is 0.728. The minimum absolute atomic E-state index is 0.809. The fourth-order valence-electron chi connectivity index (χ4n) is 11.9. The van der Waals surface area contributed by atoms with Crippen LogP contribution in [0.15, 0.2) is 244 Å². The summed E-state index contributed by atoms with van der Waals surface area (Å²) in [5.41, 5.74) is 15.0. The van der Waals surface area contributed by atoms with Gasteiger partial charge in [0.25, 0.3) is 0 Å². The molecule has 10 aromatic carbocycles. The number of rotatable bonds is 0. The first kappa shape index (κ1) is 72.2. The van der Waals surface area contributed by atoms with Gasteiger partial charge in [0.2, 0.25) is 0 Å². The van der Waals surface area contributed by atoms with Crippen molar-refractivity contribution in [3.63, 3.8) is 0 Å². The van der Waals surface area contributed by atoms with Crippen LogP contribution in [0.4, 0.5) is 101 Å². The molecule has 0 spiro atoms. The van der Waals surface area contributed by atoms with Crippen molar-refractivity contribution in [2.24, 2.45) is 0 Å². The predicted octanol–water partition coefficient (Wildman–Crippen LogP) is 27.3. The maximum atomic E-state index is 9.87. The summed E-state index contributed by atoms with van der Waals surface area (Å²) in [7, 11) is -42.6. The third kappa shape index (κ3) is 21.5. The van der Waals surface area contributed by atoms with Crippen molar-refractivity contribution >= 4 is 95.9 Å². The van der Waals surface area contributed by atoms with E-state index >= 15 is 0 Å². The third-order valence-corrected chi connectivity index (χ3v) is 15.6. The number of pyridine rings is 4. The Morgan fingerprint density at radius 3 is 0.470 bits per heavy atom. The first-order valence-corrected chi connectivity index (χ1v) is 37.3. The van der Waals surface area contributed by atoms with E-state index in [0.29, 0.717) is 0 Å². The molecule has 0 unspecified atom stereocenters. The Balaban J connectivity index is 0.000000305. The molecule has 16 aliphatic heterocycles.